The lowest BCUT2D eigenvalue weighted by atomic mass is 9.60. The highest BCUT2D eigenvalue weighted by molar-refractivity contribution is 7.34. The van der Waals surface area contributed by atoms with Crippen LogP contribution < -0.4 is 5.73 Å². The van der Waals surface area contributed by atoms with Crippen molar-refractivity contribution in [3.05, 3.63) is 0 Å². The van der Waals surface area contributed by atoms with Crippen molar-refractivity contribution in [1.29, 1.82) is 0 Å². The van der Waals surface area contributed by atoms with Crippen LogP contribution >= 0.6 is 8.81 Å². The summed E-state index contributed by atoms with van der Waals surface area (Å²) in [7, 11) is 2.21. The smallest absolute Gasteiger partial charge is 0.303 e. The molecule has 0 aliphatic heterocycles. The highest BCUT2D eigenvalue weighted by Crippen LogP contribution is 2.47. The second-order valence-corrected chi connectivity index (χ2v) is 10.6. The summed E-state index contributed by atoms with van der Waals surface area (Å²) in [6, 6.07) is 0. The minimum absolute atomic E-state index is 0.120. The fraction of sp³-hybridized carbons (Fsp3) is 1.00. The summed E-state index contributed by atoms with van der Waals surface area (Å²) in [6.07, 6.45) is 0. The van der Waals surface area contributed by atoms with Gasteiger partial charge in [0.25, 0.3) is 0 Å². The molecular weight excluding hydrogens is 292 g/mol. The zero-order valence-corrected chi connectivity index (χ0v) is 17.6. The fourth-order valence-electron chi connectivity index (χ4n) is 1.04. The minimum Gasteiger partial charge on any atom is -0.435 e. The first-order chi connectivity index (χ1) is 9.55. The first kappa shape index (κ1) is 22.4. The molecule has 0 amide bonds. The van der Waals surface area contributed by atoms with E-state index in [0.717, 1.165) is 0 Å². The summed E-state index contributed by atoms with van der Waals surface area (Å²) in [5.41, 5.74) is 5.49. The van der Waals surface area contributed by atoms with E-state index in [1.807, 2.05) is 14.4 Å². The van der Waals surface area contributed by atoms with Crippen LogP contribution in [0, 0.1) is 11.8 Å². The maximum absolute atomic E-state index is 6.48. The van der Waals surface area contributed by atoms with Gasteiger partial charge in [-0.15, -0.1) is 0 Å². The highest BCUT2D eigenvalue weighted by Gasteiger charge is 2.43. The standard InChI is InChI=1S/C17H38BNO2P/c1-12(2)14(5,6)20-18-16(9,10)17(11,19)21-22-15(7,8)13(3)4/h12-13,22H,19H2,1-11H3. The van der Waals surface area contributed by atoms with Crippen molar-refractivity contribution < 1.29 is 9.18 Å². The molecule has 0 spiro atoms. The molecule has 22 heavy (non-hydrogen) atoms. The van der Waals surface area contributed by atoms with Gasteiger partial charge in [0, 0.05) is 24.9 Å². The summed E-state index contributed by atoms with van der Waals surface area (Å²) in [4.78, 5) is 0. The minimum atomic E-state index is -0.773. The van der Waals surface area contributed by atoms with Gasteiger partial charge in [0.2, 0.25) is 0 Å². The topological polar surface area (TPSA) is 44.5 Å². The van der Waals surface area contributed by atoms with Gasteiger partial charge in [-0.25, -0.2) is 0 Å². The van der Waals surface area contributed by atoms with Crippen LogP contribution in [0.2, 0.25) is 5.31 Å². The summed E-state index contributed by atoms with van der Waals surface area (Å²) in [5.74, 6) is 0.969. The van der Waals surface area contributed by atoms with Crippen LogP contribution in [0.3, 0.4) is 0 Å². The van der Waals surface area contributed by atoms with Crippen molar-refractivity contribution in [3.8, 4) is 0 Å². The second-order valence-electron chi connectivity index (χ2n) is 8.90. The monoisotopic (exact) mass is 330 g/mol. The van der Waals surface area contributed by atoms with E-state index in [1.54, 1.807) is 0 Å². The predicted molar refractivity (Wildman–Crippen MR) is 101 cm³/mol. The third-order valence-electron chi connectivity index (χ3n) is 5.30. The van der Waals surface area contributed by atoms with Gasteiger partial charge in [-0.05, 0) is 32.6 Å². The zero-order chi connectivity index (χ0) is 18.0. The van der Waals surface area contributed by atoms with Crippen molar-refractivity contribution in [2.24, 2.45) is 17.6 Å². The Labute approximate surface area is 141 Å². The molecule has 5 heteroatoms. The van der Waals surface area contributed by atoms with E-state index in [0.29, 0.717) is 20.6 Å². The largest absolute Gasteiger partial charge is 0.435 e. The van der Waals surface area contributed by atoms with Gasteiger partial charge < -0.3 is 14.9 Å². The van der Waals surface area contributed by atoms with Crippen molar-refractivity contribution in [3.63, 3.8) is 0 Å². The summed E-state index contributed by atoms with van der Waals surface area (Å²) < 4.78 is 12.2. The first-order valence-electron chi connectivity index (χ1n) is 8.31. The Balaban J connectivity index is 4.80. The van der Waals surface area contributed by atoms with Crippen LogP contribution in [0.25, 0.3) is 0 Å². The molecule has 3 nitrogen and oxygen atoms in total. The Morgan fingerprint density at radius 2 is 1.32 bits per heavy atom. The van der Waals surface area contributed by atoms with Gasteiger partial charge in [0.05, 0.1) is 0 Å². The quantitative estimate of drug-likeness (QED) is 0.368. The Hall–Kier alpha value is 0.375. The van der Waals surface area contributed by atoms with E-state index in [-0.39, 0.29) is 16.1 Å². The van der Waals surface area contributed by atoms with Crippen LogP contribution in [0.4, 0.5) is 0 Å². The Morgan fingerprint density at radius 3 is 1.68 bits per heavy atom. The normalized spacial score (nSPS) is 17.5. The third-order valence-corrected chi connectivity index (χ3v) is 6.93. The van der Waals surface area contributed by atoms with E-state index >= 15 is 0 Å². The van der Waals surface area contributed by atoms with Gasteiger partial charge >= 0.3 is 7.48 Å². The lowest BCUT2D eigenvalue weighted by Crippen LogP contribution is -2.52. The van der Waals surface area contributed by atoms with Crippen molar-refractivity contribution in [2.45, 2.75) is 98.0 Å². The van der Waals surface area contributed by atoms with Gasteiger partial charge in [-0.3, -0.25) is 0 Å². The summed E-state index contributed by atoms with van der Waals surface area (Å²) in [6.45, 7) is 23.5. The number of hydrogen-bond acceptors (Lipinski definition) is 3. The lowest BCUT2D eigenvalue weighted by Gasteiger charge is -2.44. The maximum Gasteiger partial charge on any atom is 0.303 e. The van der Waals surface area contributed by atoms with E-state index in [1.165, 1.54) is 0 Å². The molecule has 0 bridgehead atoms. The Bertz CT molecular complexity index is 319. The molecule has 0 aromatic rings. The molecule has 1 radical (unpaired) electrons. The van der Waals surface area contributed by atoms with Gasteiger partial charge in [0.15, 0.2) is 0 Å². The molecular formula is C17H38BNO2P. The second kappa shape index (κ2) is 7.51. The molecule has 2 unspecified atom stereocenters. The molecule has 0 saturated carbocycles. The lowest BCUT2D eigenvalue weighted by molar-refractivity contribution is 0.0289. The van der Waals surface area contributed by atoms with Crippen LogP contribution in [0.5, 0.6) is 0 Å². The van der Waals surface area contributed by atoms with Gasteiger partial charge in [-0.2, -0.15) is 0 Å². The van der Waals surface area contributed by atoms with E-state index in [4.69, 9.17) is 14.9 Å². The van der Waals surface area contributed by atoms with Crippen LogP contribution in [-0.4, -0.2) is 24.0 Å². The van der Waals surface area contributed by atoms with E-state index in [9.17, 15) is 0 Å². The van der Waals surface area contributed by atoms with E-state index < -0.39 is 5.72 Å². The molecule has 0 aliphatic rings. The zero-order valence-electron chi connectivity index (χ0n) is 16.6. The van der Waals surface area contributed by atoms with Crippen molar-refractivity contribution in [2.75, 3.05) is 0 Å². The molecule has 0 rings (SSSR count). The molecule has 2 N–H and O–H groups in total. The van der Waals surface area contributed by atoms with Gasteiger partial charge in [-0.1, -0.05) is 55.4 Å². The van der Waals surface area contributed by atoms with Crippen LogP contribution in [0.1, 0.15) is 76.2 Å². The molecule has 0 fully saturated rings. The number of nitrogens with two attached hydrogens (primary N) is 1. The molecule has 131 valence electrons. The predicted octanol–water partition coefficient (Wildman–Crippen LogP) is 4.97. The molecule has 0 aromatic heterocycles. The Morgan fingerprint density at radius 1 is 0.864 bits per heavy atom. The average Bonchev–Trinajstić information content (AvgIpc) is 2.34. The average molecular weight is 330 g/mol. The Kier molecular flexibility index (Phi) is 7.64. The van der Waals surface area contributed by atoms with Crippen LogP contribution in [-0.2, 0) is 9.18 Å². The molecule has 0 heterocycles. The van der Waals surface area contributed by atoms with Gasteiger partial charge in [0.1, 0.15) is 5.72 Å². The fourth-order valence-corrected chi connectivity index (χ4v) is 2.01. The number of rotatable bonds is 9. The molecule has 0 aromatic carbocycles. The van der Waals surface area contributed by atoms with Crippen molar-refractivity contribution in [1.82, 2.24) is 0 Å². The van der Waals surface area contributed by atoms with E-state index in [2.05, 4.69) is 69.2 Å². The third kappa shape index (κ3) is 6.11. The number of hydrogen-bond donors (Lipinski definition) is 1. The molecule has 0 aliphatic carbocycles. The van der Waals surface area contributed by atoms with Crippen molar-refractivity contribution >= 4 is 16.3 Å². The van der Waals surface area contributed by atoms with Crippen LogP contribution in [0.15, 0.2) is 0 Å². The summed E-state index contributed by atoms with van der Waals surface area (Å²) >= 11 is 0. The maximum atomic E-state index is 6.48. The molecule has 2 atom stereocenters. The highest BCUT2D eigenvalue weighted by atomic mass is 31.1. The summed E-state index contributed by atoms with van der Waals surface area (Å²) in [5, 5.41) is -0.270. The first-order valence-corrected chi connectivity index (χ1v) is 9.22. The SMILES string of the molecule is CC(C)C(C)(C)O[B]C(C)(C)C(C)(N)OPC(C)(C)C(C)C. The molecule has 0 saturated heterocycles.